The van der Waals surface area contributed by atoms with E-state index >= 15 is 0 Å². The number of aliphatic hydroxyl groups is 1. The number of aromatic amines is 1. The van der Waals surface area contributed by atoms with Crippen molar-refractivity contribution in [3.63, 3.8) is 0 Å². The molecule has 0 aromatic carbocycles. The lowest BCUT2D eigenvalue weighted by Gasteiger charge is -2.19. The smallest absolute Gasteiger partial charge is 0.326 e. The van der Waals surface area contributed by atoms with Gasteiger partial charge in [0.15, 0.2) is 0 Å². The Labute approximate surface area is 164 Å². The molecular weight excluding hydrogens is 390 g/mol. The van der Waals surface area contributed by atoms with Crippen LogP contribution in [-0.4, -0.2) is 81.1 Å². The topological polar surface area (TPSA) is 243 Å². The van der Waals surface area contributed by atoms with E-state index in [-0.39, 0.29) is 6.42 Å². The lowest BCUT2D eigenvalue weighted by Crippen LogP contribution is -2.55. The van der Waals surface area contributed by atoms with Crippen LogP contribution in [-0.2, 0) is 30.4 Å². The number of carbonyl (C=O) groups excluding carboxylic acids is 4. The molecular formula is C15H23N7O7. The summed E-state index contributed by atoms with van der Waals surface area (Å²) in [6.45, 7) is -1.31. The summed E-state index contributed by atoms with van der Waals surface area (Å²) < 4.78 is 0. The summed E-state index contributed by atoms with van der Waals surface area (Å²) in [7, 11) is 0. The van der Waals surface area contributed by atoms with Crippen LogP contribution in [0.25, 0.3) is 0 Å². The normalized spacial score (nSPS) is 13.6. The third-order valence-electron chi connectivity index (χ3n) is 3.61. The van der Waals surface area contributed by atoms with Gasteiger partial charge in [0.25, 0.3) is 0 Å². The Morgan fingerprint density at radius 3 is 2.34 bits per heavy atom. The molecule has 0 spiro atoms. The van der Waals surface area contributed by atoms with Crippen LogP contribution in [0.15, 0.2) is 12.5 Å². The summed E-state index contributed by atoms with van der Waals surface area (Å²) in [6, 6.07) is -4.02. The minimum absolute atomic E-state index is 0.0611. The zero-order chi connectivity index (χ0) is 22.0. The number of nitrogens with one attached hydrogen (secondary N) is 4. The number of aliphatic carboxylic acids is 1. The molecule has 10 N–H and O–H groups in total. The fourth-order valence-corrected chi connectivity index (χ4v) is 2.12. The highest BCUT2D eigenvalue weighted by molar-refractivity contribution is 5.95. The number of amides is 4. The predicted molar refractivity (Wildman–Crippen MR) is 95.7 cm³/mol. The average molecular weight is 413 g/mol. The molecule has 14 nitrogen and oxygen atoms in total. The van der Waals surface area contributed by atoms with E-state index < -0.39 is 67.3 Å². The minimum atomic E-state index is -1.43. The van der Waals surface area contributed by atoms with Crippen molar-refractivity contribution in [2.75, 3.05) is 13.2 Å². The fourth-order valence-electron chi connectivity index (χ4n) is 2.12. The summed E-state index contributed by atoms with van der Waals surface area (Å²) >= 11 is 0. The average Bonchev–Trinajstić information content (AvgIpc) is 3.16. The summed E-state index contributed by atoms with van der Waals surface area (Å²) in [5.74, 6) is -4.84. The summed E-state index contributed by atoms with van der Waals surface area (Å²) in [6.07, 6.45) is 2.12. The van der Waals surface area contributed by atoms with E-state index in [0.717, 1.165) is 0 Å². The van der Waals surface area contributed by atoms with Crippen LogP contribution < -0.4 is 27.4 Å². The molecule has 0 radical (unpaired) electrons. The van der Waals surface area contributed by atoms with Gasteiger partial charge in [0, 0.05) is 18.3 Å². The molecule has 0 saturated heterocycles. The highest BCUT2D eigenvalue weighted by Gasteiger charge is 2.26. The van der Waals surface area contributed by atoms with Crippen LogP contribution in [0.2, 0.25) is 0 Å². The monoisotopic (exact) mass is 413 g/mol. The van der Waals surface area contributed by atoms with Crippen LogP contribution in [0.4, 0.5) is 0 Å². The maximum atomic E-state index is 12.2. The first kappa shape index (κ1) is 23.5. The zero-order valence-electron chi connectivity index (χ0n) is 15.3. The van der Waals surface area contributed by atoms with Gasteiger partial charge in [-0.3, -0.25) is 19.2 Å². The van der Waals surface area contributed by atoms with Crippen molar-refractivity contribution in [3.05, 3.63) is 18.2 Å². The third kappa shape index (κ3) is 8.35. The SMILES string of the molecule is NC(=O)CC(NC(=O)C(N)CO)C(=O)NCC(=O)NC(Cc1cnc[nH]1)C(=O)O. The van der Waals surface area contributed by atoms with Gasteiger partial charge < -0.3 is 42.6 Å². The van der Waals surface area contributed by atoms with Gasteiger partial charge in [-0.05, 0) is 0 Å². The first-order chi connectivity index (χ1) is 13.6. The number of H-pyrrole nitrogens is 1. The van der Waals surface area contributed by atoms with Crippen molar-refractivity contribution < 1.29 is 34.2 Å². The van der Waals surface area contributed by atoms with Gasteiger partial charge >= 0.3 is 5.97 Å². The number of aromatic nitrogens is 2. The van der Waals surface area contributed by atoms with Crippen molar-refractivity contribution in [1.82, 2.24) is 25.9 Å². The maximum Gasteiger partial charge on any atom is 0.326 e. The molecule has 29 heavy (non-hydrogen) atoms. The zero-order valence-corrected chi connectivity index (χ0v) is 15.3. The van der Waals surface area contributed by atoms with E-state index in [1.165, 1.54) is 12.5 Å². The number of hydrogen-bond acceptors (Lipinski definition) is 8. The molecule has 0 aliphatic rings. The number of primary amides is 1. The molecule has 3 unspecified atom stereocenters. The molecule has 1 aromatic rings. The lowest BCUT2D eigenvalue weighted by atomic mass is 10.1. The highest BCUT2D eigenvalue weighted by atomic mass is 16.4. The predicted octanol–water partition coefficient (Wildman–Crippen LogP) is -4.68. The number of rotatable bonds is 12. The number of carbonyl (C=O) groups is 5. The van der Waals surface area contributed by atoms with Crippen molar-refractivity contribution >= 4 is 29.6 Å². The summed E-state index contributed by atoms with van der Waals surface area (Å²) in [5, 5.41) is 24.6. The molecule has 0 saturated carbocycles. The van der Waals surface area contributed by atoms with Gasteiger partial charge in [0.1, 0.15) is 18.1 Å². The number of nitrogens with two attached hydrogens (primary N) is 2. The first-order valence-electron chi connectivity index (χ1n) is 8.36. The van der Waals surface area contributed by atoms with E-state index in [1.54, 1.807) is 0 Å². The Bertz CT molecular complexity index is 737. The number of carboxylic acids is 1. The summed E-state index contributed by atoms with van der Waals surface area (Å²) in [5.41, 5.74) is 10.8. The van der Waals surface area contributed by atoms with Crippen LogP contribution in [0.3, 0.4) is 0 Å². The van der Waals surface area contributed by atoms with Crippen molar-refractivity contribution in [3.8, 4) is 0 Å². The Kier molecular flexibility index (Phi) is 9.21. The van der Waals surface area contributed by atoms with Gasteiger partial charge in [0.2, 0.25) is 23.6 Å². The largest absolute Gasteiger partial charge is 0.480 e. The van der Waals surface area contributed by atoms with E-state index in [9.17, 15) is 29.1 Å². The van der Waals surface area contributed by atoms with E-state index in [0.29, 0.717) is 5.69 Å². The van der Waals surface area contributed by atoms with Gasteiger partial charge in [-0.1, -0.05) is 0 Å². The van der Waals surface area contributed by atoms with Crippen LogP contribution in [0.5, 0.6) is 0 Å². The Balaban J connectivity index is 2.62. The van der Waals surface area contributed by atoms with Crippen LogP contribution in [0.1, 0.15) is 12.1 Å². The Hall–Kier alpha value is -3.52. The van der Waals surface area contributed by atoms with Gasteiger partial charge in [0.05, 0.1) is 25.9 Å². The number of nitrogens with zero attached hydrogens (tertiary/aromatic N) is 1. The first-order valence-corrected chi connectivity index (χ1v) is 8.36. The maximum absolute atomic E-state index is 12.2. The quantitative estimate of drug-likeness (QED) is 0.164. The number of aliphatic hydroxyl groups excluding tert-OH is 1. The van der Waals surface area contributed by atoms with Gasteiger partial charge in [-0.15, -0.1) is 0 Å². The van der Waals surface area contributed by atoms with E-state index in [4.69, 9.17) is 16.6 Å². The second-order valence-corrected chi connectivity index (χ2v) is 5.98. The molecule has 160 valence electrons. The van der Waals surface area contributed by atoms with E-state index in [2.05, 4.69) is 25.9 Å². The molecule has 4 amide bonds. The van der Waals surface area contributed by atoms with Gasteiger partial charge in [-0.25, -0.2) is 9.78 Å². The van der Waals surface area contributed by atoms with Gasteiger partial charge in [-0.2, -0.15) is 0 Å². The molecule has 1 heterocycles. The molecule has 0 bridgehead atoms. The van der Waals surface area contributed by atoms with Crippen molar-refractivity contribution in [1.29, 1.82) is 0 Å². The number of carboxylic acid groups (broad SMARTS) is 1. The molecule has 0 aliphatic carbocycles. The third-order valence-corrected chi connectivity index (χ3v) is 3.61. The molecule has 1 rings (SSSR count). The molecule has 1 aromatic heterocycles. The van der Waals surface area contributed by atoms with E-state index in [1.807, 2.05) is 0 Å². The van der Waals surface area contributed by atoms with Crippen molar-refractivity contribution in [2.45, 2.75) is 31.0 Å². The second-order valence-electron chi connectivity index (χ2n) is 5.98. The van der Waals surface area contributed by atoms with Crippen LogP contribution >= 0.6 is 0 Å². The molecule has 14 heteroatoms. The summed E-state index contributed by atoms with van der Waals surface area (Å²) in [4.78, 5) is 64.6. The number of imidazole rings is 1. The minimum Gasteiger partial charge on any atom is -0.480 e. The second kappa shape index (κ2) is 11.4. The standard InChI is InChI=1S/C15H23N7O7/c16-8(5-23)13(26)22-9(2-11(17)24)14(27)19-4-12(25)21-10(15(28)29)1-7-3-18-6-20-7/h3,6,8-10,23H,1-2,4-5,16H2,(H2,17,24)(H,18,20)(H,19,27)(H,21,25)(H,22,26)(H,28,29). The Morgan fingerprint density at radius 1 is 1.14 bits per heavy atom. The molecule has 3 atom stereocenters. The molecule has 0 fully saturated rings. The van der Waals surface area contributed by atoms with Crippen LogP contribution in [0, 0.1) is 0 Å². The molecule has 0 aliphatic heterocycles. The lowest BCUT2D eigenvalue weighted by molar-refractivity contribution is -0.141. The fraction of sp³-hybridized carbons (Fsp3) is 0.467. The Morgan fingerprint density at radius 2 is 1.83 bits per heavy atom. The highest BCUT2D eigenvalue weighted by Crippen LogP contribution is 1.99. The number of hydrogen-bond donors (Lipinski definition) is 8. The van der Waals surface area contributed by atoms with Crippen molar-refractivity contribution in [2.24, 2.45) is 11.5 Å².